The number of para-hydroxylation sites is 4. The van der Waals surface area contributed by atoms with Gasteiger partial charge in [-0.25, -0.2) is 15.0 Å². The molecule has 0 amide bonds. The first-order valence-electron chi connectivity index (χ1n) is 21.7. The van der Waals surface area contributed by atoms with Crippen LogP contribution in [0.4, 0.5) is 0 Å². The van der Waals surface area contributed by atoms with Gasteiger partial charge in [0.05, 0.1) is 33.2 Å². The highest BCUT2D eigenvalue weighted by atomic mass is 32.2. The summed E-state index contributed by atoms with van der Waals surface area (Å²) in [5, 5.41) is 5.00. The van der Waals surface area contributed by atoms with E-state index >= 15 is 0 Å². The standard InChI is InChI=1S/C58H35N5S/c1-3-16-36(17-4-1)55-59-56(37-18-5-2-6-19-37)61-57(60-55)38-30-32-39(33-31-38)62-48-26-11-8-21-41(48)43-34-53-47(35-51(43)62)58(45-24-10-14-29-52(45)64-53)44-23-9-13-28-50(44)63-49-27-12-7-20-40(49)42-22-15-25-46(58)54(42)63/h1-35H. The van der Waals surface area contributed by atoms with E-state index in [2.05, 4.69) is 161 Å². The van der Waals surface area contributed by atoms with E-state index in [4.69, 9.17) is 15.0 Å². The van der Waals surface area contributed by atoms with Crippen molar-refractivity contribution in [2.24, 2.45) is 0 Å². The normalized spacial score (nSPS) is 14.9. The van der Waals surface area contributed by atoms with Crippen LogP contribution in [0, 0.1) is 0 Å². The first kappa shape index (κ1) is 35.5. The molecule has 3 aromatic heterocycles. The molecule has 0 aliphatic carbocycles. The van der Waals surface area contributed by atoms with E-state index in [9.17, 15) is 0 Å². The predicted octanol–water partition coefficient (Wildman–Crippen LogP) is 14.2. The van der Waals surface area contributed by atoms with Gasteiger partial charge in [-0.1, -0.05) is 163 Å². The van der Waals surface area contributed by atoms with Crippen LogP contribution in [0.25, 0.3) is 89.2 Å². The molecule has 0 bridgehead atoms. The summed E-state index contributed by atoms with van der Waals surface area (Å²) in [6.45, 7) is 0. The zero-order valence-electron chi connectivity index (χ0n) is 34.4. The quantitative estimate of drug-likeness (QED) is 0.177. The maximum absolute atomic E-state index is 5.04. The Bertz CT molecular complexity index is 3810. The monoisotopic (exact) mass is 833 g/mol. The average molecular weight is 834 g/mol. The lowest BCUT2D eigenvalue weighted by Gasteiger charge is -2.45. The molecule has 12 aromatic rings. The van der Waals surface area contributed by atoms with Gasteiger partial charge in [-0.2, -0.15) is 0 Å². The highest BCUT2D eigenvalue weighted by Crippen LogP contribution is 2.61. The molecule has 1 atom stereocenters. The van der Waals surface area contributed by atoms with E-state index in [-0.39, 0.29) is 0 Å². The third kappa shape index (κ3) is 4.88. The van der Waals surface area contributed by atoms with Gasteiger partial charge in [-0.15, -0.1) is 0 Å². The Morgan fingerprint density at radius 3 is 1.58 bits per heavy atom. The Morgan fingerprint density at radius 2 is 0.875 bits per heavy atom. The second-order valence-corrected chi connectivity index (χ2v) is 17.8. The molecule has 0 radical (unpaired) electrons. The van der Waals surface area contributed by atoms with Gasteiger partial charge in [0, 0.05) is 53.7 Å². The zero-order valence-corrected chi connectivity index (χ0v) is 35.2. The summed E-state index contributed by atoms with van der Waals surface area (Å²) in [5.41, 5.74) is 14.6. The molecule has 6 heteroatoms. The predicted molar refractivity (Wildman–Crippen MR) is 261 cm³/mol. The Kier molecular flexibility index (Phi) is 7.48. The molecular formula is C58H35N5S. The van der Waals surface area contributed by atoms with Crippen molar-refractivity contribution >= 4 is 55.4 Å². The van der Waals surface area contributed by atoms with Gasteiger partial charge in [0.15, 0.2) is 17.5 Å². The van der Waals surface area contributed by atoms with Crippen LogP contribution < -0.4 is 0 Å². The highest BCUT2D eigenvalue weighted by molar-refractivity contribution is 7.99. The number of hydrogen-bond donors (Lipinski definition) is 0. The molecule has 5 nitrogen and oxygen atoms in total. The third-order valence-electron chi connectivity index (χ3n) is 13.4. The fourth-order valence-corrected chi connectivity index (χ4v) is 12.0. The van der Waals surface area contributed by atoms with Crippen LogP contribution in [0.5, 0.6) is 0 Å². The Labute approximate surface area is 373 Å². The van der Waals surface area contributed by atoms with Gasteiger partial charge in [0.25, 0.3) is 0 Å². The van der Waals surface area contributed by atoms with E-state index in [1.165, 1.54) is 75.8 Å². The highest BCUT2D eigenvalue weighted by Gasteiger charge is 2.49. The number of aromatic nitrogens is 5. The summed E-state index contributed by atoms with van der Waals surface area (Å²) >= 11 is 1.89. The van der Waals surface area contributed by atoms with E-state index in [0.29, 0.717) is 17.5 Å². The topological polar surface area (TPSA) is 48.5 Å². The van der Waals surface area contributed by atoms with Crippen molar-refractivity contribution in [1.29, 1.82) is 0 Å². The van der Waals surface area contributed by atoms with Crippen molar-refractivity contribution in [1.82, 2.24) is 24.1 Å². The Balaban J connectivity index is 1.01. The minimum atomic E-state index is -0.581. The van der Waals surface area contributed by atoms with Crippen LogP contribution in [0.1, 0.15) is 22.3 Å². The zero-order chi connectivity index (χ0) is 41.9. The van der Waals surface area contributed by atoms with Crippen molar-refractivity contribution < 1.29 is 0 Å². The van der Waals surface area contributed by atoms with Crippen LogP contribution in [-0.2, 0) is 5.41 Å². The van der Waals surface area contributed by atoms with Gasteiger partial charge in [-0.3, -0.25) is 0 Å². The molecule has 2 aliphatic rings. The third-order valence-corrected chi connectivity index (χ3v) is 14.6. The lowest BCUT2D eigenvalue weighted by atomic mass is 9.62. The molecule has 0 fully saturated rings. The van der Waals surface area contributed by atoms with E-state index in [1.807, 2.05) is 72.4 Å². The molecule has 0 saturated carbocycles. The second kappa shape index (κ2) is 13.5. The average Bonchev–Trinajstić information content (AvgIpc) is 3.88. The van der Waals surface area contributed by atoms with Gasteiger partial charge < -0.3 is 9.13 Å². The first-order valence-corrected chi connectivity index (χ1v) is 22.5. The molecule has 2 aliphatic heterocycles. The molecule has 14 rings (SSSR count). The number of hydrogen-bond acceptors (Lipinski definition) is 4. The SMILES string of the molecule is c1ccc(-c2nc(-c3ccccc3)nc(-c3ccc(-n4c5ccccc5c5cc6c(cc54)C4(c5ccccc5S6)c5ccccc5-n5c6ccccc6c6cccc4c65)cc3)n2)cc1. The van der Waals surface area contributed by atoms with E-state index in [0.717, 1.165) is 27.9 Å². The van der Waals surface area contributed by atoms with Crippen LogP contribution in [0.3, 0.4) is 0 Å². The fourth-order valence-electron chi connectivity index (χ4n) is 10.8. The summed E-state index contributed by atoms with van der Waals surface area (Å²) in [4.78, 5) is 17.6. The Morgan fingerprint density at radius 1 is 0.344 bits per heavy atom. The van der Waals surface area contributed by atoms with Crippen molar-refractivity contribution in [3.8, 4) is 45.5 Å². The van der Waals surface area contributed by atoms with Gasteiger partial charge in [0.2, 0.25) is 0 Å². The van der Waals surface area contributed by atoms with E-state index < -0.39 is 5.41 Å². The number of benzene rings is 9. The minimum Gasteiger partial charge on any atom is -0.309 e. The van der Waals surface area contributed by atoms with E-state index in [1.54, 1.807) is 0 Å². The van der Waals surface area contributed by atoms with Crippen molar-refractivity contribution in [2.45, 2.75) is 15.2 Å². The van der Waals surface area contributed by atoms with Gasteiger partial charge in [0.1, 0.15) is 0 Å². The molecular weight excluding hydrogens is 799 g/mol. The summed E-state index contributed by atoms with van der Waals surface area (Å²) in [5.74, 6) is 1.93. The maximum Gasteiger partial charge on any atom is 0.164 e. The molecule has 64 heavy (non-hydrogen) atoms. The number of nitrogens with zero attached hydrogens (tertiary/aromatic N) is 5. The second-order valence-electron chi connectivity index (χ2n) is 16.7. The summed E-state index contributed by atoms with van der Waals surface area (Å²) < 4.78 is 4.96. The number of fused-ring (bicyclic) bond motifs is 14. The molecule has 0 saturated heterocycles. The lowest BCUT2D eigenvalue weighted by molar-refractivity contribution is 0.690. The molecule has 298 valence electrons. The fraction of sp³-hybridized carbons (Fsp3) is 0.0172. The first-order chi connectivity index (χ1) is 31.7. The summed E-state index contributed by atoms with van der Waals surface area (Å²) in [6, 6.07) is 76.8. The minimum absolute atomic E-state index is 0.581. The smallest absolute Gasteiger partial charge is 0.164 e. The molecule has 1 unspecified atom stereocenters. The van der Waals surface area contributed by atoms with Crippen LogP contribution in [0.2, 0.25) is 0 Å². The maximum atomic E-state index is 5.04. The molecule has 9 aromatic carbocycles. The summed E-state index contributed by atoms with van der Waals surface area (Å²) in [6.07, 6.45) is 0. The molecule has 1 spiro atoms. The molecule has 0 N–H and O–H groups in total. The number of rotatable bonds is 4. The molecule has 5 heterocycles. The van der Waals surface area contributed by atoms with Crippen molar-refractivity contribution in [3.63, 3.8) is 0 Å². The van der Waals surface area contributed by atoms with Crippen molar-refractivity contribution in [3.05, 3.63) is 235 Å². The van der Waals surface area contributed by atoms with Gasteiger partial charge in [-0.05, 0) is 82.9 Å². The Hall–Kier alpha value is -8.06. The van der Waals surface area contributed by atoms with Crippen LogP contribution >= 0.6 is 11.8 Å². The lowest BCUT2D eigenvalue weighted by Crippen LogP contribution is -2.37. The van der Waals surface area contributed by atoms with Gasteiger partial charge >= 0.3 is 0 Å². The van der Waals surface area contributed by atoms with Crippen LogP contribution in [0.15, 0.2) is 222 Å². The largest absolute Gasteiger partial charge is 0.309 e. The summed E-state index contributed by atoms with van der Waals surface area (Å²) in [7, 11) is 0. The van der Waals surface area contributed by atoms with Crippen LogP contribution in [-0.4, -0.2) is 24.1 Å². The van der Waals surface area contributed by atoms with Crippen molar-refractivity contribution in [2.75, 3.05) is 0 Å².